The predicted molar refractivity (Wildman–Crippen MR) is 54.6 cm³/mol. The molecule has 0 bridgehead atoms. The van der Waals surface area contributed by atoms with Crippen molar-refractivity contribution in [1.29, 1.82) is 5.26 Å². The van der Waals surface area contributed by atoms with Crippen LogP contribution >= 0.6 is 15.9 Å². The summed E-state index contributed by atoms with van der Waals surface area (Å²) < 4.78 is 6.24. The van der Waals surface area contributed by atoms with E-state index < -0.39 is 5.41 Å². The molecule has 1 aromatic rings. The van der Waals surface area contributed by atoms with Gasteiger partial charge in [-0.25, -0.2) is 0 Å². The Morgan fingerprint density at radius 2 is 2.50 bits per heavy atom. The first kappa shape index (κ1) is 9.63. The zero-order chi connectivity index (χ0) is 10.2. The lowest BCUT2D eigenvalue weighted by molar-refractivity contribution is 0.0728. The van der Waals surface area contributed by atoms with Crippen molar-refractivity contribution in [2.75, 3.05) is 6.61 Å². The summed E-state index contributed by atoms with van der Waals surface area (Å²) in [5.41, 5.74) is 1.27. The molecule has 3 nitrogen and oxygen atoms in total. The molecule has 2 rings (SSSR count). The Labute approximate surface area is 90.8 Å². The minimum absolute atomic E-state index is 0.439. The third-order valence-electron chi connectivity index (χ3n) is 2.41. The summed E-state index contributed by atoms with van der Waals surface area (Å²) >= 11 is 3.36. The topological polar surface area (TPSA) is 45.9 Å². The van der Waals surface area contributed by atoms with E-state index in [9.17, 15) is 0 Å². The molecule has 0 fully saturated rings. The highest BCUT2D eigenvalue weighted by molar-refractivity contribution is 9.10. The average Bonchev–Trinajstić information content (AvgIpc) is 2.20. The number of halogens is 1. The fourth-order valence-electron chi connectivity index (χ4n) is 1.58. The second kappa shape index (κ2) is 3.34. The maximum atomic E-state index is 9.11. The number of aromatic nitrogens is 1. The molecule has 1 atom stereocenters. The average molecular weight is 253 g/mol. The third-order valence-corrected chi connectivity index (χ3v) is 2.84. The molecule has 14 heavy (non-hydrogen) atoms. The molecule has 0 radical (unpaired) electrons. The number of ether oxygens (including phenoxy) is 1. The lowest BCUT2D eigenvalue weighted by Gasteiger charge is -2.28. The minimum atomic E-state index is -0.565. The largest absolute Gasteiger partial charge is 0.373 e. The van der Waals surface area contributed by atoms with Crippen LogP contribution in [0.25, 0.3) is 0 Å². The number of pyridine rings is 1. The van der Waals surface area contributed by atoms with Gasteiger partial charge in [0.25, 0.3) is 0 Å². The van der Waals surface area contributed by atoms with Gasteiger partial charge in [0.15, 0.2) is 0 Å². The lowest BCUT2D eigenvalue weighted by Crippen LogP contribution is -2.32. The van der Waals surface area contributed by atoms with E-state index in [2.05, 4.69) is 27.0 Å². The van der Waals surface area contributed by atoms with Crippen LogP contribution in [0.4, 0.5) is 0 Å². The number of nitriles is 1. The van der Waals surface area contributed by atoms with E-state index in [1.807, 2.05) is 13.0 Å². The molecule has 72 valence electrons. The van der Waals surface area contributed by atoms with Crippen molar-refractivity contribution in [3.8, 4) is 6.07 Å². The fourth-order valence-corrected chi connectivity index (χ4v) is 1.91. The summed E-state index contributed by atoms with van der Waals surface area (Å²) in [7, 11) is 0. The van der Waals surface area contributed by atoms with E-state index in [0.29, 0.717) is 13.2 Å². The summed E-state index contributed by atoms with van der Waals surface area (Å²) in [6.07, 6.45) is 1.73. The number of hydrogen-bond acceptors (Lipinski definition) is 3. The van der Waals surface area contributed by atoms with Crippen LogP contribution in [0.15, 0.2) is 16.7 Å². The van der Waals surface area contributed by atoms with Crippen LogP contribution in [-0.2, 0) is 16.8 Å². The molecule has 0 saturated heterocycles. The molecule has 0 amide bonds. The molecule has 0 aromatic carbocycles. The molecule has 1 aliphatic heterocycles. The standard InChI is InChI=1S/C10H9BrN2O/c1-10(5-12)6-14-4-9-8(10)2-7(11)3-13-9/h2-3H,4,6H2,1H3. The van der Waals surface area contributed by atoms with Gasteiger partial charge in [0, 0.05) is 10.7 Å². The molecule has 1 unspecified atom stereocenters. The van der Waals surface area contributed by atoms with Crippen molar-refractivity contribution in [1.82, 2.24) is 4.98 Å². The van der Waals surface area contributed by atoms with Gasteiger partial charge >= 0.3 is 0 Å². The zero-order valence-corrected chi connectivity index (χ0v) is 9.34. The zero-order valence-electron chi connectivity index (χ0n) is 7.75. The summed E-state index contributed by atoms with van der Waals surface area (Å²) in [6.45, 7) is 2.81. The fraction of sp³-hybridized carbons (Fsp3) is 0.400. The van der Waals surface area contributed by atoms with Gasteiger partial charge in [-0.05, 0) is 34.5 Å². The lowest BCUT2D eigenvalue weighted by atomic mass is 9.82. The van der Waals surface area contributed by atoms with Crippen LogP contribution in [0.5, 0.6) is 0 Å². The summed E-state index contributed by atoms with van der Waals surface area (Å²) in [5.74, 6) is 0. The van der Waals surface area contributed by atoms with E-state index >= 15 is 0 Å². The van der Waals surface area contributed by atoms with Crippen LogP contribution in [0.1, 0.15) is 18.2 Å². The quantitative estimate of drug-likeness (QED) is 0.711. The van der Waals surface area contributed by atoms with Crippen molar-refractivity contribution in [2.45, 2.75) is 18.9 Å². The Morgan fingerprint density at radius 3 is 3.21 bits per heavy atom. The van der Waals surface area contributed by atoms with Crippen molar-refractivity contribution in [3.05, 3.63) is 28.0 Å². The van der Waals surface area contributed by atoms with E-state index in [0.717, 1.165) is 15.7 Å². The summed E-state index contributed by atoms with van der Waals surface area (Å²) in [4.78, 5) is 4.24. The van der Waals surface area contributed by atoms with Gasteiger partial charge in [-0.1, -0.05) is 0 Å². The van der Waals surface area contributed by atoms with Crippen LogP contribution in [-0.4, -0.2) is 11.6 Å². The Balaban J connectivity index is 2.59. The van der Waals surface area contributed by atoms with Crippen molar-refractivity contribution < 1.29 is 4.74 Å². The number of hydrogen-bond donors (Lipinski definition) is 0. The molecular formula is C10H9BrN2O. The van der Waals surface area contributed by atoms with Crippen LogP contribution in [0.3, 0.4) is 0 Å². The van der Waals surface area contributed by atoms with Gasteiger partial charge in [-0.15, -0.1) is 0 Å². The van der Waals surface area contributed by atoms with Crippen LogP contribution in [0.2, 0.25) is 0 Å². The maximum Gasteiger partial charge on any atom is 0.105 e. The smallest absolute Gasteiger partial charge is 0.105 e. The molecular weight excluding hydrogens is 244 g/mol. The second-order valence-corrected chi connectivity index (χ2v) is 4.50. The first-order valence-electron chi connectivity index (χ1n) is 4.29. The van der Waals surface area contributed by atoms with Crippen molar-refractivity contribution in [2.24, 2.45) is 0 Å². The van der Waals surface area contributed by atoms with E-state index in [4.69, 9.17) is 10.00 Å². The third kappa shape index (κ3) is 1.43. The maximum absolute atomic E-state index is 9.11. The van der Waals surface area contributed by atoms with Gasteiger partial charge in [0.2, 0.25) is 0 Å². The highest BCUT2D eigenvalue weighted by atomic mass is 79.9. The number of rotatable bonds is 0. The molecule has 1 aliphatic rings. The number of fused-ring (bicyclic) bond motifs is 1. The van der Waals surface area contributed by atoms with Gasteiger partial charge in [-0.3, -0.25) is 4.98 Å². The van der Waals surface area contributed by atoms with Crippen LogP contribution < -0.4 is 0 Å². The first-order chi connectivity index (χ1) is 6.65. The van der Waals surface area contributed by atoms with Crippen molar-refractivity contribution >= 4 is 15.9 Å². The number of nitrogens with zero attached hydrogens (tertiary/aromatic N) is 2. The first-order valence-corrected chi connectivity index (χ1v) is 5.09. The Morgan fingerprint density at radius 1 is 1.71 bits per heavy atom. The normalized spacial score (nSPS) is 25.2. The van der Waals surface area contributed by atoms with Gasteiger partial charge in [0.1, 0.15) is 5.41 Å². The molecule has 0 N–H and O–H groups in total. The van der Waals surface area contributed by atoms with Crippen LogP contribution in [0, 0.1) is 11.3 Å². The minimum Gasteiger partial charge on any atom is -0.373 e. The molecule has 0 aliphatic carbocycles. The van der Waals surface area contributed by atoms with Crippen molar-refractivity contribution in [3.63, 3.8) is 0 Å². The van der Waals surface area contributed by atoms with Gasteiger partial charge in [0.05, 0.1) is 25.0 Å². The highest BCUT2D eigenvalue weighted by Crippen LogP contribution is 2.32. The molecule has 2 heterocycles. The van der Waals surface area contributed by atoms with Gasteiger partial charge in [-0.2, -0.15) is 5.26 Å². The SMILES string of the molecule is CC1(C#N)COCc2ncc(Br)cc21. The Kier molecular flexibility index (Phi) is 2.30. The van der Waals surface area contributed by atoms with E-state index in [1.165, 1.54) is 0 Å². The molecule has 4 heteroatoms. The Hall–Kier alpha value is -0.920. The summed E-state index contributed by atoms with van der Waals surface area (Å²) in [5, 5.41) is 9.11. The second-order valence-electron chi connectivity index (χ2n) is 3.58. The highest BCUT2D eigenvalue weighted by Gasteiger charge is 2.33. The summed E-state index contributed by atoms with van der Waals surface area (Å²) in [6, 6.07) is 4.23. The Bertz CT molecular complexity index is 413. The molecule has 0 spiro atoms. The predicted octanol–water partition coefficient (Wildman–Crippen LogP) is 2.16. The molecule has 0 saturated carbocycles. The van der Waals surface area contributed by atoms with Gasteiger partial charge < -0.3 is 4.74 Å². The van der Waals surface area contributed by atoms with E-state index in [-0.39, 0.29) is 0 Å². The monoisotopic (exact) mass is 252 g/mol. The van der Waals surface area contributed by atoms with E-state index in [1.54, 1.807) is 6.20 Å². The molecule has 1 aromatic heterocycles.